The number of hydrogen-bond acceptors (Lipinski definition) is 4. The van der Waals surface area contributed by atoms with Gasteiger partial charge in [0.1, 0.15) is 0 Å². The van der Waals surface area contributed by atoms with E-state index in [9.17, 15) is 4.79 Å². The number of nitrogens with zero attached hydrogens (tertiary/aromatic N) is 4. The summed E-state index contributed by atoms with van der Waals surface area (Å²) in [6.45, 7) is 7.68. The van der Waals surface area contributed by atoms with Gasteiger partial charge in [-0.3, -0.25) is 4.79 Å². The number of rotatable bonds is 4. The van der Waals surface area contributed by atoms with Gasteiger partial charge in [-0.1, -0.05) is 0 Å². The van der Waals surface area contributed by atoms with Gasteiger partial charge >= 0.3 is 0 Å². The number of nitrogens with one attached hydrogen (secondary N) is 1. The van der Waals surface area contributed by atoms with Crippen LogP contribution in [0.1, 0.15) is 49.3 Å². The molecule has 0 bridgehead atoms. The predicted molar refractivity (Wildman–Crippen MR) is 79.8 cm³/mol. The molecular weight excluding hydrogens is 266 g/mol. The first kappa shape index (κ1) is 15.0. The fraction of sp³-hybridized carbons (Fsp3) is 0.467. The normalized spacial score (nSPS) is 12.4. The monoisotopic (exact) mass is 285 g/mol. The zero-order valence-electron chi connectivity index (χ0n) is 12.7. The lowest BCUT2D eigenvalue weighted by molar-refractivity contribution is 0.0940. The Morgan fingerprint density at radius 1 is 1.48 bits per heavy atom. The molecule has 1 unspecified atom stereocenters. The highest BCUT2D eigenvalue weighted by Crippen LogP contribution is 2.19. The molecule has 0 aliphatic heterocycles. The van der Waals surface area contributed by atoms with Crippen molar-refractivity contribution in [1.29, 1.82) is 5.26 Å². The van der Waals surface area contributed by atoms with Crippen molar-refractivity contribution in [3.05, 3.63) is 23.5 Å². The summed E-state index contributed by atoms with van der Waals surface area (Å²) in [6, 6.07) is 3.87. The number of aryl methyl sites for hydroxylation is 1. The van der Waals surface area contributed by atoms with E-state index in [2.05, 4.69) is 15.4 Å². The lowest BCUT2D eigenvalue weighted by atomic mass is 10.1. The number of carbonyl (C=O) groups excluding carboxylic acids is 1. The first-order valence-electron chi connectivity index (χ1n) is 6.96. The van der Waals surface area contributed by atoms with E-state index in [1.54, 1.807) is 26.1 Å². The van der Waals surface area contributed by atoms with Crippen LogP contribution in [0.4, 0.5) is 0 Å². The van der Waals surface area contributed by atoms with Crippen LogP contribution in [-0.2, 0) is 0 Å². The standard InChI is InChI=1S/C15H19N5O/c1-9(2)20-14-12(8-17-20)7-13(11(4)19-14)15(21)18-10(3)5-6-16/h7-10H,5H2,1-4H3,(H,18,21). The number of carbonyl (C=O) groups is 1. The van der Waals surface area contributed by atoms with Gasteiger partial charge in [0.05, 0.1) is 29.9 Å². The van der Waals surface area contributed by atoms with Crippen molar-refractivity contribution in [2.75, 3.05) is 0 Å². The molecule has 0 fully saturated rings. The lowest BCUT2D eigenvalue weighted by Crippen LogP contribution is -2.32. The third-order valence-electron chi connectivity index (χ3n) is 3.27. The van der Waals surface area contributed by atoms with Crippen molar-refractivity contribution in [2.24, 2.45) is 0 Å². The van der Waals surface area contributed by atoms with E-state index in [0.29, 0.717) is 11.3 Å². The van der Waals surface area contributed by atoms with Gasteiger partial charge < -0.3 is 5.32 Å². The molecular formula is C15H19N5O. The second-order valence-electron chi connectivity index (χ2n) is 5.45. The minimum absolute atomic E-state index is 0.184. The predicted octanol–water partition coefficient (Wildman–Crippen LogP) is 2.35. The van der Waals surface area contributed by atoms with Gasteiger partial charge in [-0.05, 0) is 33.8 Å². The number of aromatic nitrogens is 3. The van der Waals surface area contributed by atoms with Gasteiger partial charge in [-0.15, -0.1) is 0 Å². The van der Waals surface area contributed by atoms with Gasteiger partial charge in [0.2, 0.25) is 0 Å². The topological polar surface area (TPSA) is 83.6 Å². The quantitative estimate of drug-likeness (QED) is 0.934. The Morgan fingerprint density at radius 3 is 2.81 bits per heavy atom. The number of hydrogen-bond donors (Lipinski definition) is 1. The van der Waals surface area contributed by atoms with Crippen LogP contribution < -0.4 is 5.32 Å². The minimum Gasteiger partial charge on any atom is -0.348 e. The summed E-state index contributed by atoms with van der Waals surface area (Å²) in [4.78, 5) is 16.8. The fourth-order valence-corrected chi connectivity index (χ4v) is 2.16. The first-order valence-corrected chi connectivity index (χ1v) is 6.96. The summed E-state index contributed by atoms with van der Waals surface area (Å²) in [5, 5.41) is 16.6. The van der Waals surface area contributed by atoms with Gasteiger partial charge in [0.15, 0.2) is 5.65 Å². The first-order chi connectivity index (χ1) is 9.93. The van der Waals surface area contributed by atoms with E-state index >= 15 is 0 Å². The summed E-state index contributed by atoms with van der Waals surface area (Å²) in [5.41, 5.74) is 1.96. The van der Waals surface area contributed by atoms with Gasteiger partial charge in [0, 0.05) is 17.5 Å². The molecule has 0 saturated carbocycles. The largest absolute Gasteiger partial charge is 0.348 e. The molecule has 0 aromatic carbocycles. The Labute approximate surface area is 123 Å². The molecule has 0 aliphatic rings. The molecule has 1 amide bonds. The van der Waals surface area contributed by atoms with E-state index in [1.165, 1.54) is 0 Å². The summed E-state index contributed by atoms with van der Waals surface area (Å²) in [5.74, 6) is -0.207. The number of nitriles is 1. The third-order valence-corrected chi connectivity index (χ3v) is 3.27. The molecule has 1 atom stereocenters. The molecule has 0 saturated heterocycles. The maximum absolute atomic E-state index is 12.2. The maximum Gasteiger partial charge on any atom is 0.253 e. The Hall–Kier alpha value is -2.42. The molecule has 0 radical (unpaired) electrons. The van der Waals surface area contributed by atoms with E-state index < -0.39 is 0 Å². The molecule has 21 heavy (non-hydrogen) atoms. The van der Waals surface area contributed by atoms with Crippen molar-refractivity contribution in [3.8, 4) is 6.07 Å². The highest BCUT2D eigenvalue weighted by Gasteiger charge is 2.16. The third kappa shape index (κ3) is 3.02. The van der Waals surface area contributed by atoms with Gasteiger partial charge in [-0.2, -0.15) is 10.4 Å². The highest BCUT2D eigenvalue weighted by molar-refractivity contribution is 5.98. The molecule has 2 rings (SSSR count). The highest BCUT2D eigenvalue weighted by atomic mass is 16.1. The van der Waals surface area contributed by atoms with E-state index in [4.69, 9.17) is 5.26 Å². The van der Waals surface area contributed by atoms with Crippen molar-refractivity contribution < 1.29 is 4.79 Å². The number of amides is 1. The molecule has 2 aromatic heterocycles. The van der Waals surface area contributed by atoms with Gasteiger partial charge in [0.25, 0.3) is 5.91 Å². The second-order valence-corrected chi connectivity index (χ2v) is 5.45. The van der Waals surface area contributed by atoms with Crippen LogP contribution in [0.2, 0.25) is 0 Å². The molecule has 110 valence electrons. The summed E-state index contributed by atoms with van der Waals surface area (Å²) >= 11 is 0. The molecule has 6 nitrogen and oxygen atoms in total. The average Bonchev–Trinajstić information content (AvgIpc) is 2.80. The Morgan fingerprint density at radius 2 is 2.19 bits per heavy atom. The van der Waals surface area contributed by atoms with Crippen molar-refractivity contribution in [2.45, 2.75) is 46.2 Å². The van der Waals surface area contributed by atoms with Crippen LogP contribution in [-0.4, -0.2) is 26.7 Å². The van der Waals surface area contributed by atoms with E-state index in [0.717, 1.165) is 11.0 Å². The molecule has 6 heteroatoms. The Kier molecular flexibility index (Phi) is 4.22. The zero-order chi connectivity index (χ0) is 15.6. The SMILES string of the molecule is Cc1nc2c(cnn2C(C)C)cc1C(=O)NC(C)CC#N. The number of pyridine rings is 1. The number of fused-ring (bicyclic) bond motifs is 1. The Balaban J connectivity index is 2.36. The summed E-state index contributed by atoms with van der Waals surface area (Å²) < 4.78 is 1.84. The molecule has 2 heterocycles. The van der Waals surface area contributed by atoms with Crippen molar-refractivity contribution >= 4 is 16.9 Å². The van der Waals surface area contributed by atoms with E-state index in [1.807, 2.05) is 24.6 Å². The van der Waals surface area contributed by atoms with Crippen LogP contribution in [0, 0.1) is 18.3 Å². The maximum atomic E-state index is 12.2. The van der Waals surface area contributed by atoms with Gasteiger partial charge in [-0.25, -0.2) is 9.67 Å². The fourth-order valence-electron chi connectivity index (χ4n) is 2.16. The van der Waals surface area contributed by atoms with Crippen LogP contribution in [0.25, 0.3) is 11.0 Å². The Bertz CT molecular complexity index is 711. The minimum atomic E-state index is -0.207. The van der Waals surface area contributed by atoms with Crippen LogP contribution >= 0.6 is 0 Å². The van der Waals surface area contributed by atoms with Crippen LogP contribution in [0.15, 0.2) is 12.3 Å². The second kappa shape index (κ2) is 5.92. The molecule has 0 spiro atoms. The van der Waals surface area contributed by atoms with Crippen LogP contribution in [0.3, 0.4) is 0 Å². The summed E-state index contributed by atoms with van der Waals surface area (Å²) in [6.07, 6.45) is 2.00. The van der Waals surface area contributed by atoms with Crippen LogP contribution in [0.5, 0.6) is 0 Å². The smallest absolute Gasteiger partial charge is 0.253 e. The zero-order valence-corrected chi connectivity index (χ0v) is 12.7. The molecule has 2 aromatic rings. The van der Waals surface area contributed by atoms with E-state index in [-0.39, 0.29) is 24.4 Å². The average molecular weight is 285 g/mol. The lowest BCUT2D eigenvalue weighted by Gasteiger charge is -2.12. The summed E-state index contributed by atoms with van der Waals surface area (Å²) in [7, 11) is 0. The molecule has 1 N–H and O–H groups in total. The van der Waals surface area contributed by atoms with Crippen molar-refractivity contribution in [1.82, 2.24) is 20.1 Å². The molecule has 0 aliphatic carbocycles. The van der Waals surface area contributed by atoms with Crippen molar-refractivity contribution in [3.63, 3.8) is 0 Å².